The summed E-state index contributed by atoms with van der Waals surface area (Å²) in [7, 11) is 2.98. The van der Waals surface area contributed by atoms with Gasteiger partial charge in [0.05, 0.1) is 32.6 Å². The van der Waals surface area contributed by atoms with E-state index in [9.17, 15) is 9.59 Å². The second-order valence-electron chi connectivity index (χ2n) is 6.99. The molecular formula is C26H26N2O7. The predicted octanol–water partition coefficient (Wildman–Crippen LogP) is 3.85. The van der Waals surface area contributed by atoms with Crippen molar-refractivity contribution in [2.45, 2.75) is 6.92 Å². The van der Waals surface area contributed by atoms with Crippen molar-refractivity contribution < 1.29 is 33.3 Å². The maximum atomic E-state index is 12.5. The zero-order chi connectivity index (χ0) is 25.0. The molecule has 35 heavy (non-hydrogen) atoms. The molecule has 0 aliphatic rings. The van der Waals surface area contributed by atoms with Gasteiger partial charge in [-0.15, -0.1) is 0 Å². The lowest BCUT2D eigenvalue weighted by molar-refractivity contribution is -0.123. The molecule has 0 saturated carbocycles. The number of nitrogens with zero attached hydrogens (tertiary/aromatic N) is 1. The number of carbonyl (C=O) groups is 2. The smallest absolute Gasteiger partial charge is 0.343 e. The molecule has 1 amide bonds. The SMILES string of the molecule is CCOc1ccc(C(=O)Oc2ccc(/C=N\NC(=O)COc3ccccc3OC)cc2OC)cc1. The molecule has 3 rings (SSSR count). The first-order chi connectivity index (χ1) is 17.0. The normalized spacial score (nSPS) is 10.5. The van der Waals surface area contributed by atoms with Gasteiger partial charge in [-0.3, -0.25) is 4.79 Å². The van der Waals surface area contributed by atoms with E-state index in [1.807, 2.05) is 6.92 Å². The van der Waals surface area contributed by atoms with Gasteiger partial charge in [0.25, 0.3) is 5.91 Å². The number of benzene rings is 3. The van der Waals surface area contributed by atoms with Crippen LogP contribution in [0.4, 0.5) is 0 Å². The molecule has 0 aliphatic heterocycles. The van der Waals surface area contributed by atoms with Crippen LogP contribution in [0.1, 0.15) is 22.8 Å². The molecule has 0 radical (unpaired) electrons. The fourth-order valence-electron chi connectivity index (χ4n) is 2.95. The Bertz CT molecular complexity index is 1180. The van der Waals surface area contributed by atoms with Gasteiger partial charge >= 0.3 is 5.97 Å². The Kier molecular flexibility index (Phi) is 9.07. The molecule has 9 nitrogen and oxygen atoms in total. The first-order valence-electron chi connectivity index (χ1n) is 10.7. The van der Waals surface area contributed by atoms with E-state index in [2.05, 4.69) is 10.5 Å². The second kappa shape index (κ2) is 12.6. The number of amides is 1. The molecule has 0 saturated heterocycles. The van der Waals surface area contributed by atoms with Crippen LogP contribution in [0, 0.1) is 0 Å². The van der Waals surface area contributed by atoms with E-state index in [4.69, 9.17) is 23.7 Å². The largest absolute Gasteiger partial charge is 0.494 e. The minimum Gasteiger partial charge on any atom is -0.494 e. The molecule has 3 aromatic rings. The van der Waals surface area contributed by atoms with Crippen LogP contribution >= 0.6 is 0 Å². The molecule has 1 N–H and O–H groups in total. The number of nitrogens with one attached hydrogen (secondary N) is 1. The highest BCUT2D eigenvalue weighted by Gasteiger charge is 2.13. The lowest BCUT2D eigenvalue weighted by Gasteiger charge is -2.10. The molecule has 0 aliphatic carbocycles. The molecule has 182 valence electrons. The van der Waals surface area contributed by atoms with Crippen LogP contribution in [-0.2, 0) is 4.79 Å². The van der Waals surface area contributed by atoms with Crippen LogP contribution in [0.5, 0.6) is 28.7 Å². The third-order valence-electron chi connectivity index (χ3n) is 4.62. The Hall–Kier alpha value is -4.53. The maximum absolute atomic E-state index is 12.5. The van der Waals surface area contributed by atoms with Crippen molar-refractivity contribution in [2.75, 3.05) is 27.4 Å². The number of hydrazone groups is 1. The summed E-state index contributed by atoms with van der Waals surface area (Å²) in [4.78, 5) is 24.5. The van der Waals surface area contributed by atoms with Crippen molar-refractivity contribution in [3.05, 3.63) is 77.9 Å². The summed E-state index contributed by atoms with van der Waals surface area (Å²) >= 11 is 0. The summed E-state index contributed by atoms with van der Waals surface area (Å²) in [5.74, 6) is 1.25. The Labute approximate surface area is 203 Å². The van der Waals surface area contributed by atoms with Gasteiger partial charge in [0.2, 0.25) is 0 Å². The van der Waals surface area contributed by atoms with Crippen LogP contribution in [0.15, 0.2) is 71.8 Å². The van der Waals surface area contributed by atoms with Crippen LogP contribution in [0.2, 0.25) is 0 Å². The fourth-order valence-corrected chi connectivity index (χ4v) is 2.95. The van der Waals surface area contributed by atoms with E-state index < -0.39 is 11.9 Å². The maximum Gasteiger partial charge on any atom is 0.343 e. The highest BCUT2D eigenvalue weighted by Crippen LogP contribution is 2.29. The summed E-state index contributed by atoms with van der Waals surface area (Å²) in [6.45, 7) is 2.19. The van der Waals surface area contributed by atoms with Gasteiger partial charge in [0, 0.05) is 0 Å². The number of rotatable bonds is 11. The molecule has 9 heteroatoms. The molecule has 0 atom stereocenters. The van der Waals surface area contributed by atoms with Crippen LogP contribution in [0.25, 0.3) is 0 Å². The molecular weight excluding hydrogens is 452 g/mol. The molecule has 0 heterocycles. The van der Waals surface area contributed by atoms with Crippen molar-refractivity contribution in [1.29, 1.82) is 0 Å². The van der Waals surface area contributed by atoms with E-state index in [0.717, 1.165) is 0 Å². The van der Waals surface area contributed by atoms with E-state index >= 15 is 0 Å². The van der Waals surface area contributed by atoms with Gasteiger partial charge in [0.1, 0.15) is 5.75 Å². The fraction of sp³-hybridized carbons (Fsp3) is 0.192. The number of hydrogen-bond donors (Lipinski definition) is 1. The van der Waals surface area contributed by atoms with E-state index in [-0.39, 0.29) is 12.4 Å². The second-order valence-corrected chi connectivity index (χ2v) is 6.99. The number of ether oxygens (including phenoxy) is 5. The van der Waals surface area contributed by atoms with Crippen LogP contribution in [-0.4, -0.2) is 45.5 Å². The van der Waals surface area contributed by atoms with Crippen LogP contribution < -0.4 is 29.1 Å². The first-order valence-corrected chi connectivity index (χ1v) is 10.7. The topological polar surface area (TPSA) is 105 Å². The lowest BCUT2D eigenvalue weighted by Crippen LogP contribution is -2.24. The average Bonchev–Trinajstić information content (AvgIpc) is 2.89. The van der Waals surface area contributed by atoms with E-state index in [0.29, 0.717) is 40.7 Å². The molecule has 0 spiro atoms. The zero-order valence-corrected chi connectivity index (χ0v) is 19.6. The Morgan fingerprint density at radius 3 is 2.26 bits per heavy atom. The number of esters is 1. The number of carbonyl (C=O) groups excluding carboxylic acids is 2. The summed E-state index contributed by atoms with van der Waals surface area (Å²) in [6, 6.07) is 18.5. The highest BCUT2D eigenvalue weighted by atomic mass is 16.6. The Balaban J connectivity index is 1.56. The molecule has 3 aromatic carbocycles. The molecule has 0 bridgehead atoms. The standard InChI is InChI=1S/C26H26N2O7/c1-4-33-20-12-10-19(11-13-20)26(30)35-23-14-9-18(15-24(23)32-3)16-27-28-25(29)17-34-22-8-6-5-7-21(22)31-2/h5-16H,4,17H2,1-3H3,(H,28,29)/b27-16-. The van der Waals surface area contributed by atoms with Crippen molar-refractivity contribution in [3.63, 3.8) is 0 Å². The summed E-state index contributed by atoms with van der Waals surface area (Å²) in [5, 5.41) is 3.92. The number of para-hydroxylation sites is 2. The van der Waals surface area contributed by atoms with E-state index in [1.54, 1.807) is 66.7 Å². The van der Waals surface area contributed by atoms with Gasteiger partial charge in [-0.1, -0.05) is 12.1 Å². The van der Waals surface area contributed by atoms with Gasteiger partial charge in [-0.25, -0.2) is 10.2 Å². The zero-order valence-electron chi connectivity index (χ0n) is 19.6. The van der Waals surface area contributed by atoms with Crippen molar-refractivity contribution >= 4 is 18.1 Å². The van der Waals surface area contributed by atoms with Crippen molar-refractivity contribution in [1.82, 2.24) is 5.43 Å². The average molecular weight is 479 g/mol. The quantitative estimate of drug-likeness (QED) is 0.193. The lowest BCUT2D eigenvalue weighted by atomic mass is 10.2. The highest BCUT2D eigenvalue weighted by molar-refractivity contribution is 5.92. The predicted molar refractivity (Wildman–Crippen MR) is 130 cm³/mol. The van der Waals surface area contributed by atoms with Gasteiger partial charge in [-0.2, -0.15) is 5.10 Å². The first kappa shape index (κ1) is 25.1. The van der Waals surface area contributed by atoms with Gasteiger partial charge < -0.3 is 23.7 Å². The van der Waals surface area contributed by atoms with Gasteiger partial charge in [-0.05, 0) is 67.1 Å². The summed E-state index contributed by atoms with van der Waals surface area (Å²) < 4.78 is 26.8. The Morgan fingerprint density at radius 2 is 1.57 bits per heavy atom. The monoisotopic (exact) mass is 478 g/mol. The molecule has 0 fully saturated rings. The minimum absolute atomic E-state index is 0.235. The van der Waals surface area contributed by atoms with Crippen LogP contribution in [0.3, 0.4) is 0 Å². The summed E-state index contributed by atoms with van der Waals surface area (Å²) in [6.07, 6.45) is 1.43. The molecule has 0 unspecified atom stereocenters. The Morgan fingerprint density at radius 1 is 0.857 bits per heavy atom. The third-order valence-corrected chi connectivity index (χ3v) is 4.62. The van der Waals surface area contributed by atoms with Crippen molar-refractivity contribution in [2.24, 2.45) is 5.10 Å². The van der Waals surface area contributed by atoms with E-state index in [1.165, 1.54) is 20.4 Å². The summed E-state index contributed by atoms with van der Waals surface area (Å²) in [5.41, 5.74) is 3.38. The number of hydrogen-bond acceptors (Lipinski definition) is 8. The number of methoxy groups -OCH3 is 2. The molecule has 0 aromatic heterocycles. The third kappa shape index (κ3) is 7.23. The minimum atomic E-state index is -0.532. The van der Waals surface area contributed by atoms with Gasteiger partial charge in [0.15, 0.2) is 29.6 Å². The van der Waals surface area contributed by atoms with Crippen molar-refractivity contribution in [3.8, 4) is 28.7 Å².